The standard InChI is InChI=1S/C33H42O3Se2/c1-30(2,3)23-15-19(16-24(37-23)31(4,5)6)13-21-27(34)22(29(36)28(21)35)14-20-17-25(32(7,8)9)38-26(18-20)33(10,11)12/h13-18H,1-12H3/p+1. The van der Waals surface area contributed by atoms with Gasteiger partial charge in [0.2, 0.25) is 0 Å². The molecule has 1 aromatic rings. The van der Waals surface area contributed by atoms with E-state index >= 15 is 0 Å². The van der Waals surface area contributed by atoms with Crippen molar-refractivity contribution < 1.29 is 14.7 Å². The second-order valence-electron chi connectivity index (χ2n) is 14.4. The van der Waals surface area contributed by atoms with Gasteiger partial charge in [0, 0.05) is 0 Å². The molecule has 38 heavy (non-hydrogen) atoms. The fraction of sp³-hybridized carbons (Fsp3) is 0.485. The van der Waals surface area contributed by atoms with Crippen LogP contribution in [0.2, 0.25) is 0 Å². The monoisotopic (exact) mass is 647 g/mol. The molecular weight excluding hydrogens is 602 g/mol. The number of carbonyl (C=O) groups is 2. The summed E-state index contributed by atoms with van der Waals surface area (Å²) < 4.78 is 5.32. The summed E-state index contributed by atoms with van der Waals surface area (Å²) >= 11 is 0.413. The van der Waals surface area contributed by atoms with Crippen molar-refractivity contribution in [1.29, 1.82) is 0 Å². The quantitative estimate of drug-likeness (QED) is 0.206. The summed E-state index contributed by atoms with van der Waals surface area (Å²) in [6.45, 7) is 26.4. The van der Waals surface area contributed by atoms with Gasteiger partial charge in [0.05, 0.1) is 0 Å². The number of rotatable bonds is 2. The molecule has 5 heteroatoms. The van der Waals surface area contributed by atoms with Gasteiger partial charge in [0.15, 0.2) is 0 Å². The van der Waals surface area contributed by atoms with E-state index in [0.29, 0.717) is 0 Å². The van der Waals surface area contributed by atoms with Crippen LogP contribution in [0.25, 0.3) is 6.08 Å². The third-order valence-electron chi connectivity index (χ3n) is 6.42. The first-order valence-electron chi connectivity index (χ1n) is 13.2. The van der Waals surface area contributed by atoms with Crippen LogP contribution in [0.15, 0.2) is 61.8 Å². The zero-order valence-corrected chi connectivity index (χ0v) is 28.5. The van der Waals surface area contributed by atoms with Gasteiger partial charge in [0.25, 0.3) is 0 Å². The second-order valence-corrected chi connectivity index (χ2v) is 18.9. The number of allylic oxidation sites excluding steroid dienone is 8. The molecule has 0 spiro atoms. The van der Waals surface area contributed by atoms with Crippen molar-refractivity contribution in [2.24, 2.45) is 10.8 Å². The van der Waals surface area contributed by atoms with Gasteiger partial charge < -0.3 is 0 Å². The molecule has 204 valence electrons. The van der Waals surface area contributed by atoms with E-state index in [4.69, 9.17) is 0 Å². The molecule has 1 N–H and O–H groups in total. The number of carbonyl (C=O) groups excluding carboxylic acids is 2. The van der Waals surface area contributed by atoms with Crippen molar-refractivity contribution in [1.82, 2.24) is 0 Å². The predicted molar refractivity (Wildman–Crippen MR) is 162 cm³/mol. The molecule has 0 fully saturated rings. The number of aliphatic hydroxyl groups excluding tert-OH is 1. The maximum atomic E-state index is 13.1. The van der Waals surface area contributed by atoms with E-state index < -0.39 is 11.6 Å². The fourth-order valence-electron chi connectivity index (χ4n) is 3.89. The Hall–Kier alpha value is -1.77. The maximum absolute atomic E-state index is 13.1. The van der Waals surface area contributed by atoms with Crippen molar-refractivity contribution in [2.45, 2.75) is 93.9 Å². The first kappa shape index (κ1) is 30.8. The minimum absolute atomic E-state index is 0.00580. The van der Waals surface area contributed by atoms with Gasteiger partial charge in [-0.25, -0.2) is 0 Å². The van der Waals surface area contributed by atoms with E-state index in [1.54, 1.807) is 12.2 Å². The topological polar surface area (TPSA) is 54.4 Å². The molecule has 3 rings (SSSR count). The molecule has 0 atom stereocenters. The van der Waals surface area contributed by atoms with Crippen molar-refractivity contribution >= 4 is 47.1 Å². The van der Waals surface area contributed by atoms with Gasteiger partial charge in [-0.05, 0) is 0 Å². The summed E-state index contributed by atoms with van der Waals surface area (Å²) in [7, 11) is 0. The van der Waals surface area contributed by atoms with Crippen LogP contribution in [0.1, 0.15) is 97.5 Å². The van der Waals surface area contributed by atoms with Crippen molar-refractivity contribution in [3.63, 3.8) is 0 Å². The second kappa shape index (κ2) is 10.3. The summed E-state index contributed by atoms with van der Waals surface area (Å²) in [6.07, 6.45) is 7.66. The van der Waals surface area contributed by atoms with Crippen LogP contribution in [-0.4, -0.2) is 46.1 Å². The molecule has 1 aliphatic heterocycles. The zero-order valence-electron chi connectivity index (χ0n) is 25.0. The Bertz CT molecular complexity index is 1270. The van der Waals surface area contributed by atoms with Crippen LogP contribution in [-0.2, 0) is 20.4 Å². The Morgan fingerprint density at radius 3 is 1.53 bits per heavy atom. The number of ketones is 2. The molecule has 2 heterocycles. The molecule has 0 saturated carbocycles. The molecule has 0 unspecified atom stereocenters. The van der Waals surface area contributed by atoms with E-state index in [2.05, 4.69) is 107 Å². The SMILES string of the molecule is CC(C)(C)C1=CC(=CC2=C(O)/C(=C\c3cc(C(C)(C)C)[se+]c(C(C)(C)C)c3)C(=O)C2=O)C=C(C(C)(C)C)[Se]1. The molecule has 3 nitrogen and oxygen atoms in total. The van der Waals surface area contributed by atoms with Crippen LogP contribution in [0.4, 0.5) is 0 Å². The van der Waals surface area contributed by atoms with E-state index in [1.807, 2.05) is 0 Å². The number of Topliss-reactive ketones (excluding diaryl/α,β-unsaturated/α-hetero) is 2. The normalized spacial score (nSPS) is 18.8. The number of aliphatic hydroxyl groups is 1. The molecule has 0 bridgehead atoms. The van der Waals surface area contributed by atoms with Crippen molar-refractivity contribution in [3.8, 4) is 0 Å². The molecule has 0 radical (unpaired) electrons. The van der Waals surface area contributed by atoms with Gasteiger partial charge in [0.1, 0.15) is 0 Å². The Kier molecular flexibility index (Phi) is 8.36. The zero-order chi connectivity index (χ0) is 29.0. The van der Waals surface area contributed by atoms with Crippen LogP contribution in [0.3, 0.4) is 0 Å². The van der Waals surface area contributed by atoms with Crippen LogP contribution in [0, 0.1) is 10.8 Å². The first-order valence-corrected chi connectivity index (χ1v) is 16.6. The van der Waals surface area contributed by atoms with Gasteiger partial charge in [-0.2, -0.15) is 0 Å². The summed E-state index contributed by atoms with van der Waals surface area (Å²) in [5.41, 5.74) is 1.86. The third-order valence-corrected chi connectivity index (χ3v) is 14.4. The molecule has 1 aromatic heterocycles. The van der Waals surface area contributed by atoms with Gasteiger partial charge >= 0.3 is 243 Å². The van der Waals surface area contributed by atoms with E-state index in [-0.39, 0.29) is 68.0 Å². The Morgan fingerprint density at radius 1 is 0.684 bits per heavy atom. The van der Waals surface area contributed by atoms with Crippen LogP contribution < -0.4 is 0 Å². The van der Waals surface area contributed by atoms with Crippen LogP contribution >= 0.6 is 0 Å². The summed E-state index contributed by atoms with van der Waals surface area (Å²) in [5, 5.41) is 11.2. The minimum atomic E-state index is -0.644. The predicted octanol–water partition coefficient (Wildman–Crippen LogP) is 7.47. The third kappa shape index (κ3) is 6.86. The Labute approximate surface area is 241 Å². The Balaban J connectivity index is 2.18. The van der Waals surface area contributed by atoms with Crippen molar-refractivity contribution in [2.75, 3.05) is 0 Å². The van der Waals surface area contributed by atoms with Gasteiger partial charge in [-0.15, -0.1) is 0 Å². The molecule has 0 amide bonds. The molecule has 1 aliphatic carbocycles. The van der Waals surface area contributed by atoms with Crippen molar-refractivity contribution in [3.05, 3.63) is 76.2 Å². The van der Waals surface area contributed by atoms with E-state index in [9.17, 15) is 14.7 Å². The summed E-state index contributed by atoms with van der Waals surface area (Å²) in [4.78, 5) is 26.2. The molecule has 2 aliphatic rings. The Morgan fingerprint density at radius 2 is 1.13 bits per heavy atom. The number of hydrogen-bond acceptors (Lipinski definition) is 3. The number of hydrogen-bond donors (Lipinski definition) is 1. The fourth-order valence-corrected chi connectivity index (χ4v) is 9.09. The molecule has 0 saturated heterocycles. The van der Waals surface area contributed by atoms with Gasteiger partial charge in [-0.1, -0.05) is 0 Å². The molecule has 0 aromatic carbocycles. The van der Waals surface area contributed by atoms with E-state index in [1.165, 1.54) is 17.8 Å². The summed E-state index contributed by atoms with van der Waals surface area (Å²) in [6, 6.07) is 4.26. The van der Waals surface area contributed by atoms with Crippen LogP contribution in [0.5, 0.6) is 0 Å². The average Bonchev–Trinajstić information content (AvgIpc) is 2.94. The first-order chi connectivity index (χ1) is 17.1. The van der Waals surface area contributed by atoms with Gasteiger partial charge in [-0.3, -0.25) is 0 Å². The average molecular weight is 646 g/mol. The molecular formula is C33H43O3Se2+. The van der Waals surface area contributed by atoms with E-state index in [0.717, 1.165) is 11.1 Å². The summed E-state index contributed by atoms with van der Waals surface area (Å²) in [5.74, 6) is -1.51.